The number of rotatable bonds is 3. The molecule has 0 saturated carbocycles. The molecular formula is C16H14N4O. The summed E-state index contributed by atoms with van der Waals surface area (Å²) in [6.07, 6.45) is 3.20. The number of carbonyl (C=O) groups excluding carboxylic acids is 1. The number of benzene rings is 1. The first-order chi connectivity index (χ1) is 10.3. The molecule has 1 aromatic carbocycles. The predicted octanol–water partition coefficient (Wildman–Crippen LogP) is 2.14. The number of amides is 1. The Morgan fingerprint density at radius 2 is 1.81 bits per heavy atom. The van der Waals surface area contributed by atoms with Crippen LogP contribution in [0.5, 0.6) is 0 Å². The van der Waals surface area contributed by atoms with Crippen LogP contribution in [0.4, 0.5) is 5.82 Å². The largest absolute Gasteiger partial charge is 0.383 e. The smallest absolute Gasteiger partial charge is 0.253 e. The van der Waals surface area contributed by atoms with E-state index in [1.807, 2.05) is 42.5 Å². The Kier molecular flexibility index (Phi) is 3.47. The number of nitrogens with one attached hydrogen (secondary N) is 1. The molecule has 5 heteroatoms. The second-order valence-electron chi connectivity index (χ2n) is 4.61. The van der Waals surface area contributed by atoms with Crippen LogP contribution in [-0.2, 0) is 6.54 Å². The van der Waals surface area contributed by atoms with Gasteiger partial charge in [-0.05, 0) is 17.5 Å². The van der Waals surface area contributed by atoms with Gasteiger partial charge in [-0.3, -0.25) is 9.78 Å². The molecule has 1 amide bonds. The minimum absolute atomic E-state index is 0.190. The van der Waals surface area contributed by atoms with E-state index < -0.39 is 0 Å². The van der Waals surface area contributed by atoms with E-state index in [2.05, 4.69) is 15.3 Å². The molecule has 3 N–H and O–H groups in total. The molecule has 0 radical (unpaired) electrons. The van der Waals surface area contributed by atoms with Crippen molar-refractivity contribution in [3.8, 4) is 0 Å². The Hall–Kier alpha value is -2.95. The maximum atomic E-state index is 12.3. The Morgan fingerprint density at radius 1 is 1.05 bits per heavy atom. The standard InChI is InChI=1S/C16H14N4O/c17-15-13-7-2-1-6-12(13)14(10-19-15)16(21)20-9-11-5-3-4-8-18-11/h1-8,10H,9H2,(H2,17,19)(H,20,21). The molecule has 21 heavy (non-hydrogen) atoms. The van der Waals surface area contributed by atoms with Crippen LogP contribution in [0.25, 0.3) is 10.8 Å². The van der Waals surface area contributed by atoms with Gasteiger partial charge in [0.15, 0.2) is 0 Å². The number of anilines is 1. The molecule has 0 spiro atoms. The van der Waals surface area contributed by atoms with Crippen molar-refractivity contribution in [2.75, 3.05) is 5.73 Å². The van der Waals surface area contributed by atoms with Crippen LogP contribution in [0.3, 0.4) is 0 Å². The van der Waals surface area contributed by atoms with Crippen LogP contribution >= 0.6 is 0 Å². The number of nitrogens with two attached hydrogens (primary N) is 1. The molecule has 3 rings (SSSR count). The number of aromatic nitrogens is 2. The van der Waals surface area contributed by atoms with Crippen molar-refractivity contribution < 1.29 is 4.79 Å². The molecule has 2 heterocycles. The lowest BCUT2D eigenvalue weighted by Gasteiger charge is -2.08. The summed E-state index contributed by atoms with van der Waals surface area (Å²) >= 11 is 0. The van der Waals surface area contributed by atoms with Gasteiger partial charge in [-0.15, -0.1) is 0 Å². The van der Waals surface area contributed by atoms with Crippen LogP contribution in [0.2, 0.25) is 0 Å². The number of fused-ring (bicyclic) bond motifs is 1. The van der Waals surface area contributed by atoms with Crippen LogP contribution in [0.1, 0.15) is 16.1 Å². The van der Waals surface area contributed by atoms with Gasteiger partial charge in [-0.25, -0.2) is 4.98 Å². The van der Waals surface area contributed by atoms with Crippen molar-refractivity contribution in [3.63, 3.8) is 0 Å². The van der Waals surface area contributed by atoms with Crippen LogP contribution in [0.15, 0.2) is 54.9 Å². The van der Waals surface area contributed by atoms with E-state index in [1.54, 1.807) is 6.20 Å². The van der Waals surface area contributed by atoms with E-state index in [0.29, 0.717) is 17.9 Å². The van der Waals surface area contributed by atoms with Gasteiger partial charge in [-0.1, -0.05) is 30.3 Å². The molecule has 0 atom stereocenters. The molecule has 0 aliphatic carbocycles. The van der Waals surface area contributed by atoms with E-state index in [-0.39, 0.29) is 5.91 Å². The summed E-state index contributed by atoms with van der Waals surface area (Å²) in [5.74, 6) is 0.233. The first-order valence-corrected chi connectivity index (χ1v) is 6.57. The number of nitrogen functional groups attached to an aromatic ring is 1. The van der Waals surface area contributed by atoms with Crippen LogP contribution in [0, 0.1) is 0 Å². The Labute approximate surface area is 121 Å². The summed E-state index contributed by atoms with van der Waals surface area (Å²) in [5, 5.41) is 4.42. The van der Waals surface area contributed by atoms with Gasteiger partial charge in [0, 0.05) is 17.8 Å². The van der Waals surface area contributed by atoms with E-state index in [1.165, 1.54) is 6.20 Å². The lowest BCUT2D eigenvalue weighted by atomic mass is 10.1. The fraction of sp³-hybridized carbons (Fsp3) is 0.0625. The lowest BCUT2D eigenvalue weighted by molar-refractivity contribution is 0.0952. The second kappa shape index (κ2) is 5.58. The third kappa shape index (κ3) is 2.67. The van der Waals surface area contributed by atoms with Gasteiger partial charge in [0.1, 0.15) is 5.82 Å². The lowest BCUT2D eigenvalue weighted by Crippen LogP contribution is -2.23. The fourth-order valence-corrected chi connectivity index (χ4v) is 2.16. The third-order valence-electron chi connectivity index (χ3n) is 3.23. The maximum Gasteiger partial charge on any atom is 0.253 e. The number of hydrogen-bond donors (Lipinski definition) is 2. The summed E-state index contributed by atoms with van der Waals surface area (Å²) in [6.45, 7) is 0.373. The molecule has 0 bridgehead atoms. The van der Waals surface area contributed by atoms with Crippen molar-refractivity contribution in [2.24, 2.45) is 0 Å². The Bertz CT molecular complexity index is 787. The first-order valence-electron chi connectivity index (χ1n) is 6.57. The quantitative estimate of drug-likeness (QED) is 0.769. The second-order valence-corrected chi connectivity index (χ2v) is 4.61. The van der Waals surface area contributed by atoms with Gasteiger partial charge >= 0.3 is 0 Å². The van der Waals surface area contributed by atoms with Gasteiger partial charge in [-0.2, -0.15) is 0 Å². The van der Waals surface area contributed by atoms with Crippen molar-refractivity contribution >= 4 is 22.5 Å². The SMILES string of the molecule is Nc1ncc(C(=O)NCc2ccccn2)c2ccccc12. The van der Waals surface area contributed by atoms with E-state index in [0.717, 1.165) is 16.5 Å². The summed E-state index contributed by atoms with van der Waals surface area (Å²) in [6, 6.07) is 13.0. The summed E-state index contributed by atoms with van der Waals surface area (Å²) in [4.78, 5) is 20.6. The van der Waals surface area contributed by atoms with Crippen molar-refractivity contribution in [2.45, 2.75) is 6.54 Å². The van der Waals surface area contributed by atoms with E-state index in [4.69, 9.17) is 5.73 Å². The summed E-state index contributed by atoms with van der Waals surface area (Å²) in [7, 11) is 0. The van der Waals surface area contributed by atoms with Crippen LogP contribution < -0.4 is 11.1 Å². The summed E-state index contributed by atoms with van der Waals surface area (Å²) < 4.78 is 0. The Balaban J connectivity index is 1.87. The van der Waals surface area contributed by atoms with Gasteiger partial charge in [0.05, 0.1) is 17.8 Å². The van der Waals surface area contributed by atoms with Crippen molar-refractivity contribution in [3.05, 3.63) is 66.1 Å². The normalized spacial score (nSPS) is 10.5. The molecular weight excluding hydrogens is 264 g/mol. The number of nitrogens with zero attached hydrogens (tertiary/aromatic N) is 2. The number of hydrogen-bond acceptors (Lipinski definition) is 4. The van der Waals surface area contributed by atoms with Gasteiger partial charge in [0.25, 0.3) is 5.91 Å². The predicted molar refractivity (Wildman–Crippen MR) is 81.6 cm³/mol. The molecule has 2 aromatic heterocycles. The highest BCUT2D eigenvalue weighted by Gasteiger charge is 2.12. The highest BCUT2D eigenvalue weighted by Crippen LogP contribution is 2.22. The Morgan fingerprint density at radius 3 is 2.57 bits per heavy atom. The average molecular weight is 278 g/mol. The maximum absolute atomic E-state index is 12.3. The van der Waals surface area contributed by atoms with Crippen molar-refractivity contribution in [1.82, 2.24) is 15.3 Å². The minimum atomic E-state index is -0.190. The molecule has 0 aliphatic heterocycles. The van der Waals surface area contributed by atoms with Gasteiger partial charge < -0.3 is 11.1 Å². The monoisotopic (exact) mass is 278 g/mol. The fourth-order valence-electron chi connectivity index (χ4n) is 2.16. The third-order valence-corrected chi connectivity index (χ3v) is 3.23. The highest BCUT2D eigenvalue weighted by molar-refractivity contribution is 6.08. The molecule has 0 saturated heterocycles. The number of carbonyl (C=O) groups is 1. The molecule has 0 aliphatic rings. The molecule has 0 fully saturated rings. The summed E-state index contributed by atoms with van der Waals surface area (Å²) in [5.41, 5.74) is 7.15. The minimum Gasteiger partial charge on any atom is -0.383 e. The van der Waals surface area contributed by atoms with E-state index >= 15 is 0 Å². The van der Waals surface area contributed by atoms with Crippen LogP contribution in [-0.4, -0.2) is 15.9 Å². The molecule has 104 valence electrons. The molecule has 5 nitrogen and oxygen atoms in total. The highest BCUT2D eigenvalue weighted by atomic mass is 16.1. The molecule has 0 unspecified atom stereocenters. The zero-order chi connectivity index (χ0) is 14.7. The zero-order valence-electron chi connectivity index (χ0n) is 11.3. The molecule has 3 aromatic rings. The average Bonchev–Trinajstić information content (AvgIpc) is 2.54. The first kappa shape index (κ1) is 13.1. The van der Waals surface area contributed by atoms with E-state index in [9.17, 15) is 4.79 Å². The topological polar surface area (TPSA) is 80.9 Å². The number of pyridine rings is 2. The zero-order valence-corrected chi connectivity index (χ0v) is 11.3. The van der Waals surface area contributed by atoms with Crippen molar-refractivity contribution in [1.29, 1.82) is 0 Å². The van der Waals surface area contributed by atoms with Gasteiger partial charge in [0.2, 0.25) is 0 Å².